The molecule has 2 N–H and O–H groups in total. The monoisotopic (exact) mass is 299 g/mol. The molecule has 4 nitrogen and oxygen atoms in total. The highest BCUT2D eigenvalue weighted by Gasteiger charge is 2.27. The normalized spacial score (nSPS) is 15.6. The van der Waals surface area contributed by atoms with Crippen LogP contribution in [0.2, 0.25) is 0 Å². The van der Waals surface area contributed by atoms with Crippen LogP contribution in [-0.2, 0) is 4.79 Å². The van der Waals surface area contributed by atoms with Crippen molar-refractivity contribution in [3.8, 4) is 0 Å². The van der Waals surface area contributed by atoms with Crippen molar-refractivity contribution in [1.29, 1.82) is 0 Å². The van der Waals surface area contributed by atoms with Crippen LogP contribution in [0.25, 0.3) is 0 Å². The molecule has 1 amide bonds. The first-order chi connectivity index (χ1) is 7.69. The molecule has 18 heavy (non-hydrogen) atoms. The Balaban J connectivity index is 0. The summed E-state index contributed by atoms with van der Waals surface area (Å²) in [6.07, 6.45) is 2.66. The van der Waals surface area contributed by atoms with E-state index in [1.165, 1.54) is 12.8 Å². The van der Waals surface area contributed by atoms with E-state index in [9.17, 15) is 4.79 Å². The Morgan fingerprint density at radius 1 is 1.39 bits per heavy atom. The van der Waals surface area contributed by atoms with Gasteiger partial charge in [0.25, 0.3) is 0 Å². The van der Waals surface area contributed by atoms with E-state index in [0.717, 1.165) is 32.2 Å². The molecule has 1 aliphatic carbocycles. The van der Waals surface area contributed by atoms with Crippen LogP contribution in [0.4, 0.5) is 0 Å². The number of rotatable bonds is 8. The Hall–Kier alpha value is -0.0300. The molecule has 0 aromatic carbocycles. The lowest BCUT2D eigenvalue weighted by molar-refractivity contribution is -0.124. The molecule has 0 aromatic heterocycles. The number of likely N-dealkylation sites (N-methyl/N-ethyl adjacent to an activating group) is 1. The fraction of sp³-hybridized carbons (Fsp3) is 0.917. The van der Waals surface area contributed by atoms with E-state index in [1.54, 1.807) is 0 Å². The average Bonchev–Trinajstić information content (AvgIpc) is 3.08. The minimum absolute atomic E-state index is 0. The summed E-state index contributed by atoms with van der Waals surface area (Å²) in [6, 6.07) is 0.789. The number of hydrogen-bond donors (Lipinski definition) is 2. The number of amides is 1. The first-order valence-electron chi connectivity index (χ1n) is 6.35. The number of halogens is 2. The van der Waals surface area contributed by atoms with Crippen LogP contribution in [0.15, 0.2) is 0 Å². The fourth-order valence-corrected chi connectivity index (χ4v) is 1.93. The van der Waals surface area contributed by atoms with Crippen LogP contribution in [0, 0.1) is 5.92 Å². The standard InChI is InChI=1S/C12H25N3O.2ClH/c1-4-15(11-5-6-11)8-7-14-12(16)10(2)9-13-3;;/h10-11,13H,4-9H2,1-3H3,(H,14,16);2*1H. The second-order valence-corrected chi connectivity index (χ2v) is 4.61. The smallest absolute Gasteiger partial charge is 0.224 e. The highest BCUT2D eigenvalue weighted by molar-refractivity contribution is 5.85. The molecular formula is C12H27Cl2N3O. The number of nitrogens with one attached hydrogen (secondary N) is 2. The van der Waals surface area contributed by atoms with Crippen LogP contribution < -0.4 is 10.6 Å². The molecule has 1 unspecified atom stereocenters. The summed E-state index contributed by atoms with van der Waals surface area (Å²) >= 11 is 0. The van der Waals surface area contributed by atoms with Crippen LogP contribution in [0.3, 0.4) is 0 Å². The first kappa shape index (κ1) is 20.3. The molecule has 6 heteroatoms. The van der Waals surface area contributed by atoms with Crippen molar-refractivity contribution >= 4 is 30.7 Å². The van der Waals surface area contributed by atoms with E-state index in [2.05, 4.69) is 22.5 Å². The predicted molar refractivity (Wildman–Crippen MR) is 80.9 cm³/mol. The summed E-state index contributed by atoms with van der Waals surface area (Å²) in [7, 11) is 1.87. The Morgan fingerprint density at radius 3 is 2.44 bits per heavy atom. The Morgan fingerprint density at radius 2 is 2.00 bits per heavy atom. The zero-order valence-electron chi connectivity index (χ0n) is 11.6. The molecule has 1 atom stereocenters. The lowest BCUT2D eigenvalue weighted by atomic mass is 10.1. The fourth-order valence-electron chi connectivity index (χ4n) is 1.93. The van der Waals surface area contributed by atoms with Gasteiger partial charge in [0.1, 0.15) is 0 Å². The lowest BCUT2D eigenvalue weighted by Gasteiger charge is -2.20. The van der Waals surface area contributed by atoms with Crippen molar-refractivity contribution in [3.05, 3.63) is 0 Å². The summed E-state index contributed by atoms with van der Waals surface area (Å²) in [5.74, 6) is 0.210. The maximum absolute atomic E-state index is 11.6. The van der Waals surface area contributed by atoms with E-state index in [1.807, 2.05) is 14.0 Å². The van der Waals surface area contributed by atoms with Gasteiger partial charge in [0.05, 0.1) is 0 Å². The van der Waals surface area contributed by atoms with Gasteiger partial charge in [-0.2, -0.15) is 0 Å². The number of hydrogen-bond acceptors (Lipinski definition) is 3. The van der Waals surface area contributed by atoms with Gasteiger partial charge in [-0.25, -0.2) is 0 Å². The first-order valence-corrected chi connectivity index (χ1v) is 6.35. The summed E-state index contributed by atoms with van der Waals surface area (Å²) in [4.78, 5) is 14.1. The van der Waals surface area contributed by atoms with Gasteiger partial charge >= 0.3 is 0 Å². The predicted octanol–water partition coefficient (Wildman–Crippen LogP) is 1.29. The number of carbonyl (C=O) groups excluding carboxylic acids is 1. The molecule has 0 aromatic rings. The van der Waals surface area contributed by atoms with Gasteiger partial charge in [-0.05, 0) is 26.4 Å². The van der Waals surface area contributed by atoms with Gasteiger partial charge < -0.3 is 10.6 Å². The quantitative estimate of drug-likeness (QED) is 0.710. The third-order valence-electron chi connectivity index (χ3n) is 3.13. The van der Waals surface area contributed by atoms with Crippen molar-refractivity contribution in [3.63, 3.8) is 0 Å². The topological polar surface area (TPSA) is 44.4 Å². The van der Waals surface area contributed by atoms with E-state index >= 15 is 0 Å². The molecule has 1 fully saturated rings. The van der Waals surface area contributed by atoms with Crippen LogP contribution in [0.5, 0.6) is 0 Å². The summed E-state index contributed by atoms with van der Waals surface area (Å²) < 4.78 is 0. The maximum Gasteiger partial charge on any atom is 0.224 e. The highest BCUT2D eigenvalue weighted by atomic mass is 35.5. The second-order valence-electron chi connectivity index (χ2n) is 4.61. The number of carbonyl (C=O) groups is 1. The maximum atomic E-state index is 11.6. The van der Waals surface area contributed by atoms with Crippen molar-refractivity contribution < 1.29 is 4.79 Å². The van der Waals surface area contributed by atoms with E-state index < -0.39 is 0 Å². The van der Waals surface area contributed by atoms with Crippen LogP contribution in [0.1, 0.15) is 26.7 Å². The molecule has 0 saturated heterocycles. The molecule has 0 radical (unpaired) electrons. The highest BCUT2D eigenvalue weighted by Crippen LogP contribution is 2.25. The zero-order chi connectivity index (χ0) is 12.0. The van der Waals surface area contributed by atoms with E-state index in [4.69, 9.17) is 0 Å². The Kier molecular flexibility index (Phi) is 12.2. The van der Waals surface area contributed by atoms with Gasteiger partial charge in [0.2, 0.25) is 5.91 Å². The molecule has 0 spiro atoms. The molecule has 0 bridgehead atoms. The molecule has 0 heterocycles. The summed E-state index contributed by atoms with van der Waals surface area (Å²) in [5, 5.41) is 6.01. The van der Waals surface area contributed by atoms with Gasteiger partial charge in [-0.3, -0.25) is 9.69 Å². The van der Waals surface area contributed by atoms with Crippen molar-refractivity contribution in [2.75, 3.05) is 33.2 Å². The zero-order valence-corrected chi connectivity index (χ0v) is 13.2. The third kappa shape index (κ3) is 7.41. The lowest BCUT2D eigenvalue weighted by Crippen LogP contribution is -2.39. The number of nitrogens with zero attached hydrogens (tertiary/aromatic N) is 1. The Labute approximate surface area is 123 Å². The minimum Gasteiger partial charge on any atom is -0.355 e. The molecule has 110 valence electrons. The molecule has 1 saturated carbocycles. The third-order valence-corrected chi connectivity index (χ3v) is 3.13. The van der Waals surface area contributed by atoms with Gasteiger partial charge in [0, 0.05) is 31.6 Å². The van der Waals surface area contributed by atoms with Gasteiger partial charge in [-0.1, -0.05) is 13.8 Å². The molecule has 0 aliphatic heterocycles. The van der Waals surface area contributed by atoms with Crippen LogP contribution in [-0.4, -0.2) is 50.1 Å². The molecule has 1 aliphatic rings. The van der Waals surface area contributed by atoms with Crippen LogP contribution >= 0.6 is 24.8 Å². The van der Waals surface area contributed by atoms with Gasteiger partial charge in [0.15, 0.2) is 0 Å². The molecular weight excluding hydrogens is 273 g/mol. The van der Waals surface area contributed by atoms with E-state index in [0.29, 0.717) is 0 Å². The largest absolute Gasteiger partial charge is 0.355 e. The minimum atomic E-state index is 0. The van der Waals surface area contributed by atoms with Gasteiger partial charge in [-0.15, -0.1) is 24.8 Å². The molecule has 1 rings (SSSR count). The second kappa shape index (κ2) is 10.9. The van der Waals surface area contributed by atoms with Crippen molar-refractivity contribution in [2.24, 2.45) is 5.92 Å². The summed E-state index contributed by atoms with van der Waals surface area (Å²) in [5.41, 5.74) is 0. The SMILES string of the molecule is CCN(CCNC(=O)C(C)CNC)C1CC1.Cl.Cl. The Bertz CT molecular complexity index is 225. The van der Waals surface area contributed by atoms with Crippen molar-refractivity contribution in [2.45, 2.75) is 32.7 Å². The van der Waals surface area contributed by atoms with Crippen molar-refractivity contribution in [1.82, 2.24) is 15.5 Å². The summed E-state index contributed by atoms with van der Waals surface area (Å²) in [6.45, 7) is 7.73. The van der Waals surface area contributed by atoms with E-state index in [-0.39, 0.29) is 36.6 Å². The average molecular weight is 300 g/mol.